The average Bonchev–Trinajstić information content (AvgIpc) is 2.82. The minimum atomic E-state index is 0.527. The summed E-state index contributed by atoms with van der Waals surface area (Å²) in [6, 6.07) is 0. The molecule has 0 bridgehead atoms. The average molecular weight is 279 g/mol. The first-order chi connectivity index (χ1) is 9.17. The summed E-state index contributed by atoms with van der Waals surface area (Å²) < 4.78 is 2.11. The smallest absolute Gasteiger partial charge is 0.159 e. The highest BCUT2D eigenvalue weighted by atomic mass is 35.5. The molecule has 102 valence electrons. The van der Waals surface area contributed by atoms with Gasteiger partial charge in [0.25, 0.3) is 0 Å². The molecule has 0 aliphatic heterocycles. The number of imidazole rings is 1. The molecule has 0 amide bonds. The van der Waals surface area contributed by atoms with Crippen molar-refractivity contribution in [1.29, 1.82) is 0 Å². The van der Waals surface area contributed by atoms with Gasteiger partial charge in [0.1, 0.15) is 16.7 Å². The Morgan fingerprint density at radius 2 is 2.00 bits per heavy atom. The zero-order valence-corrected chi connectivity index (χ0v) is 12.4. The van der Waals surface area contributed by atoms with Crippen molar-refractivity contribution in [3.05, 3.63) is 28.9 Å². The van der Waals surface area contributed by atoms with Crippen LogP contribution >= 0.6 is 11.6 Å². The van der Waals surface area contributed by atoms with E-state index in [4.69, 9.17) is 11.6 Å². The number of aromatic nitrogens is 4. The third kappa shape index (κ3) is 2.95. The summed E-state index contributed by atoms with van der Waals surface area (Å²) in [4.78, 5) is 13.4. The van der Waals surface area contributed by atoms with E-state index in [-0.39, 0.29) is 0 Å². The van der Waals surface area contributed by atoms with Crippen LogP contribution in [-0.4, -0.2) is 19.5 Å². The van der Waals surface area contributed by atoms with Crippen molar-refractivity contribution >= 4 is 11.6 Å². The minimum Gasteiger partial charge on any atom is -0.330 e. The predicted octanol–water partition coefficient (Wildman–Crippen LogP) is 3.66. The number of rotatable bonds is 5. The van der Waals surface area contributed by atoms with Gasteiger partial charge >= 0.3 is 0 Å². The lowest BCUT2D eigenvalue weighted by molar-refractivity contribution is 0.682. The van der Waals surface area contributed by atoms with Crippen molar-refractivity contribution in [2.45, 2.75) is 46.6 Å². The molecule has 2 aromatic heterocycles. The summed E-state index contributed by atoms with van der Waals surface area (Å²) in [6.07, 6.45) is 6.68. The van der Waals surface area contributed by atoms with E-state index < -0.39 is 0 Å². The lowest BCUT2D eigenvalue weighted by Gasteiger charge is -2.10. The first-order valence-corrected chi connectivity index (χ1v) is 7.09. The molecule has 2 aromatic rings. The Labute approximate surface area is 118 Å². The Kier molecular flexibility index (Phi) is 4.53. The van der Waals surface area contributed by atoms with Crippen molar-refractivity contribution in [3.8, 4) is 11.5 Å². The van der Waals surface area contributed by atoms with Gasteiger partial charge in [-0.05, 0) is 19.8 Å². The quantitative estimate of drug-likeness (QED) is 0.784. The highest BCUT2D eigenvalue weighted by Crippen LogP contribution is 2.25. The zero-order chi connectivity index (χ0) is 13.8. The molecule has 0 N–H and O–H groups in total. The molecular formula is C14H19ClN4. The summed E-state index contributed by atoms with van der Waals surface area (Å²) in [6.45, 7) is 7.12. The van der Waals surface area contributed by atoms with Crippen molar-refractivity contribution in [3.63, 3.8) is 0 Å². The number of aryl methyl sites for hydroxylation is 2. The SMILES string of the molecule is CCCc1nc(Cl)c(C)c(-c2nccn2CCC)n1. The lowest BCUT2D eigenvalue weighted by atomic mass is 10.2. The van der Waals surface area contributed by atoms with Crippen LogP contribution in [0.2, 0.25) is 5.15 Å². The normalized spacial score (nSPS) is 10.9. The topological polar surface area (TPSA) is 43.6 Å². The van der Waals surface area contributed by atoms with Crippen LogP contribution in [0.15, 0.2) is 12.4 Å². The summed E-state index contributed by atoms with van der Waals surface area (Å²) in [7, 11) is 0. The Morgan fingerprint density at radius 1 is 1.21 bits per heavy atom. The molecule has 0 atom stereocenters. The van der Waals surface area contributed by atoms with E-state index in [0.717, 1.165) is 48.7 Å². The van der Waals surface area contributed by atoms with Crippen LogP contribution in [0.25, 0.3) is 11.5 Å². The summed E-state index contributed by atoms with van der Waals surface area (Å²) in [5.74, 6) is 1.67. The molecule has 0 saturated heterocycles. The first kappa shape index (κ1) is 14.0. The molecule has 0 fully saturated rings. The van der Waals surface area contributed by atoms with Crippen molar-refractivity contribution in [2.75, 3.05) is 0 Å². The van der Waals surface area contributed by atoms with Gasteiger partial charge in [-0.15, -0.1) is 0 Å². The Balaban J connectivity index is 2.50. The molecule has 0 radical (unpaired) electrons. The Hall–Kier alpha value is -1.42. The lowest BCUT2D eigenvalue weighted by Crippen LogP contribution is -2.05. The van der Waals surface area contributed by atoms with Crippen LogP contribution in [0.3, 0.4) is 0 Å². The molecule has 5 heteroatoms. The van der Waals surface area contributed by atoms with E-state index in [1.165, 1.54) is 0 Å². The van der Waals surface area contributed by atoms with Gasteiger partial charge in [-0.1, -0.05) is 25.4 Å². The monoisotopic (exact) mass is 278 g/mol. The van der Waals surface area contributed by atoms with Gasteiger partial charge in [0.2, 0.25) is 0 Å². The fraction of sp³-hybridized carbons (Fsp3) is 0.500. The number of hydrogen-bond donors (Lipinski definition) is 0. The molecular weight excluding hydrogens is 260 g/mol. The predicted molar refractivity (Wildman–Crippen MR) is 77.3 cm³/mol. The van der Waals surface area contributed by atoms with E-state index in [1.54, 1.807) is 6.20 Å². The van der Waals surface area contributed by atoms with Gasteiger partial charge in [0.05, 0.1) is 0 Å². The van der Waals surface area contributed by atoms with Gasteiger partial charge in [-0.3, -0.25) is 0 Å². The van der Waals surface area contributed by atoms with E-state index in [9.17, 15) is 0 Å². The highest BCUT2D eigenvalue weighted by Gasteiger charge is 2.15. The molecule has 4 nitrogen and oxygen atoms in total. The maximum Gasteiger partial charge on any atom is 0.159 e. The molecule has 0 aliphatic carbocycles. The van der Waals surface area contributed by atoms with Gasteiger partial charge in [-0.2, -0.15) is 0 Å². The molecule has 2 rings (SSSR count). The van der Waals surface area contributed by atoms with Gasteiger partial charge in [0, 0.05) is 30.9 Å². The molecule has 0 aliphatic rings. The summed E-state index contributed by atoms with van der Waals surface area (Å²) >= 11 is 6.21. The largest absolute Gasteiger partial charge is 0.330 e. The standard InChI is InChI=1S/C14H19ClN4/c1-4-6-11-17-12(10(3)13(15)18-11)14-16-7-9-19(14)8-5-2/h7,9H,4-6,8H2,1-3H3. The van der Waals surface area contributed by atoms with E-state index >= 15 is 0 Å². The van der Waals surface area contributed by atoms with E-state index in [0.29, 0.717) is 5.15 Å². The van der Waals surface area contributed by atoms with Crippen molar-refractivity contribution in [2.24, 2.45) is 0 Å². The third-order valence-corrected chi connectivity index (χ3v) is 3.37. The van der Waals surface area contributed by atoms with Crippen LogP contribution in [0, 0.1) is 6.92 Å². The Bertz CT molecular complexity index is 563. The number of hydrogen-bond acceptors (Lipinski definition) is 3. The minimum absolute atomic E-state index is 0.527. The van der Waals surface area contributed by atoms with Crippen LogP contribution in [0.5, 0.6) is 0 Å². The number of halogens is 1. The Morgan fingerprint density at radius 3 is 2.68 bits per heavy atom. The van der Waals surface area contributed by atoms with Crippen LogP contribution in [0.1, 0.15) is 38.1 Å². The summed E-state index contributed by atoms with van der Waals surface area (Å²) in [5.41, 5.74) is 1.74. The number of nitrogens with zero attached hydrogens (tertiary/aromatic N) is 4. The van der Waals surface area contributed by atoms with Crippen LogP contribution < -0.4 is 0 Å². The van der Waals surface area contributed by atoms with Crippen LogP contribution in [-0.2, 0) is 13.0 Å². The van der Waals surface area contributed by atoms with Crippen molar-refractivity contribution < 1.29 is 0 Å². The zero-order valence-electron chi connectivity index (χ0n) is 11.6. The molecule has 19 heavy (non-hydrogen) atoms. The first-order valence-electron chi connectivity index (χ1n) is 6.71. The van der Waals surface area contributed by atoms with Gasteiger partial charge in [-0.25, -0.2) is 15.0 Å². The molecule has 0 spiro atoms. The molecule has 0 unspecified atom stereocenters. The highest BCUT2D eigenvalue weighted by molar-refractivity contribution is 6.30. The second-order valence-corrected chi connectivity index (χ2v) is 4.96. The van der Waals surface area contributed by atoms with Crippen LogP contribution in [0.4, 0.5) is 0 Å². The second-order valence-electron chi connectivity index (χ2n) is 4.60. The molecule has 0 saturated carbocycles. The molecule has 2 heterocycles. The summed E-state index contributed by atoms with van der Waals surface area (Å²) in [5, 5.41) is 0.527. The van der Waals surface area contributed by atoms with E-state index in [1.807, 2.05) is 13.1 Å². The second kappa shape index (κ2) is 6.15. The maximum absolute atomic E-state index is 6.21. The van der Waals surface area contributed by atoms with Gasteiger partial charge in [0.15, 0.2) is 5.82 Å². The van der Waals surface area contributed by atoms with Gasteiger partial charge < -0.3 is 4.57 Å². The third-order valence-electron chi connectivity index (χ3n) is 3.00. The fourth-order valence-electron chi connectivity index (χ4n) is 2.03. The maximum atomic E-state index is 6.21. The van der Waals surface area contributed by atoms with Crippen molar-refractivity contribution in [1.82, 2.24) is 19.5 Å². The molecule has 0 aromatic carbocycles. The van der Waals surface area contributed by atoms with E-state index in [2.05, 4.69) is 33.4 Å². The fourth-order valence-corrected chi connectivity index (χ4v) is 2.22.